The van der Waals surface area contributed by atoms with E-state index in [0.717, 1.165) is 16.9 Å². The van der Waals surface area contributed by atoms with Crippen LogP contribution in [0.2, 0.25) is 0 Å². The molecule has 1 N–H and O–H groups in total. The van der Waals surface area contributed by atoms with Crippen LogP contribution in [-0.2, 0) is 41.8 Å². The number of carbonyl (C=O) groups excluding carboxylic acids is 2. The lowest BCUT2D eigenvalue weighted by Crippen LogP contribution is -2.40. The molecule has 9 nitrogen and oxygen atoms in total. The Morgan fingerprint density at radius 3 is 1.60 bits per heavy atom. The van der Waals surface area contributed by atoms with E-state index in [2.05, 4.69) is 0 Å². The molecule has 0 amide bonds. The summed E-state index contributed by atoms with van der Waals surface area (Å²) in [5.41, 5.74) is 0.584. The number of aliphatic hydroxyl groups excluding tert-OH is 1. The molecule has 5 rings (SSSR count). The molecule has 2 atom stereocenters. The smallest absolute Gasteiger partial charge is 0.306 e. The Morgan fingerprint density at radius 2 is 1.14 bits per heavy atom. The fourth-order valence-corrected chi connectivity index (χ4v) is 4.60. The predicted octanol–water partition coefficient (Wildman–Crippen LogP) is 4.64. The van der Waals surface area contributed by atoms with E-state index in [1.165, 1.54) is 0 Å². The van der Waals surface area contributed by atoms with E-state index in [-0.39, 0.29) is 31.8 Å². The minimum atomic E-state index is -0.828. The topological polar surface area (TPSA) is 110 Å². The molecule has 2 saturated heterocycles. The molecule has 0 spiro atoms. The predicted molar refractivity (Wildman–Crippen MR) is 154 cm³/mol. The van der Waals surface area contributed by atoms with Crippen LogP contribution in [0.1, 0.15) is 36.8 Å². The van der Waals surface area contributed by atoms with Gasteiger partial charge in [0, 0.05) is 25.7 Å². The van der Waals surface area contributed by atoms with Crippen LogP contribution in [0, 0.1) is 0 Å². The molecule has 2 heterocycles. The Balaban J connectivity index is 0.000000208. The monoisotopic (exact) mass is 578 g/mol. The average molecular weight is 579 g/mol. The zero-order valence-corrected chi connectivity index (χ0v) is 23.9. The number of aliphatic hydroxyl groups is 1. The van der Waals surface area contributed by atoms with Crippen molar-refractivity contribution < 1.29 is 43.1 Å². The molecular weight excluding hydrogens is 540 g/mol. The van der Waals surface area contributed by atoms with Gasteiger partial charge in [-0.05, 0) is 35.4 Å². The van der Waals surface area contributed by atoms with Gasteiger partial charge in [0.05, 0.1) is 40.1 Å². The van der Waals surface area contributed by atoms with Crippen molar-refractivity contribution in [3.63, 3.8) is 0 Å². The van der Waals surface area contributed by atoms with Gasteiger partial charge >= 0.3 is 11.9 Å². The lowest BCUT2D eigenvalue weighted by molar-refractivity contribution is -0.159. The van der Waals surface area contributed by atoms with Crippen molar-refractivity contribution in [2.24, 2.45) is 0 Å². The summed E-state index contributed by atoms with van der Waals surface area (Å²) in [7, 11) is 1.62. The third-order valence-electron chi connectivity index (χ3n) is 7.03. The maximum atomic E-state index is 11.6. The van der Waals surface area contributed by atoms with Crippen LogP contribution in [0.3, 0.4) is 0 Å². The van der Waals surface area contributed by atoms with Crippen molar-refractivity contribution in [2.45, 2.75) is 50.1 Å². The SMILES string of the molecule is COc1ccc(OCC2(COCc3ccccc3)CCC(=O)O2)cc1.O=C1CCC(CO)(COCc2ccccc2)O1. The maximum absolute atomic E-state index is 11.6. The minimum Gasteiger partial charge on any atom is -0.497 e. The van der Waals surface area contributed by atoms with Crippen LogP contribution >= 0.6 is 0 Å². The zero-order chi connectivity index (χ0) is 29.7. The molecular formula is C33H38O9. The molecule has 224 valence electrons. The summed E-state index contributed by atoms with van der Waals surface area (Å²) < 4.78 is 32.9. The molecule has 0 aromatic heterocycles. The molecule has 3 aromatic rings. The van der Waals surface area contributed by atoms with E-state index < -0.39 is 11.2 Å². The highest BCUT2D eigenvalue weighted by molar-refractivity contribution is 5.72. The molecule has 0 aliphatic carbocycles. The van der Waals surface area contributed by atoms with Crippen LogP contribution in [0.15, 0.2) is 84.9 Å². The Morgan fingerprint density at radius 1 is 0.667 bits per heavy atom. The first-order valence-corrected chi connectivity index (χ1v) is 14.0. The van der Waals surface area contributed by atoms with Crippen molar-refractivity contribution in [3.8, 4) is 11.5 Å². The first-order valence-electron chi connectivity index (χ1n) is 14.0. The number of rotatable bonds is 13. The molecule has 2 aliphatic heterocycles. The third kappa shape index (κ3) is 9.30. The number of benzene rings is 3. The standard InChI is InChI=1S/C20H22O5.C13H16O4/c1-22-17-7-9-18(10-8-17)24-15-20(12-11-19(21)25-20)14-23-13-16-5-3-2-4-6-16;14-9-13(7-6-12(15)17-13)10-16-8-11-4-2-1-3-5-11/h2-10H,11-15H2,1H3;1-5,14H,6-10H2. The molecule has 2 unspecified atom stereocenters. The number of hydrogen-bond donors (Lipinski definition) is 1. The second-order valence-electron chi connectivity index (χ2n) is 10.4. The van der Waals surface area contributed by atoms with Crippen molar-refractivity contribution in [2.75, 3.05) is 33.5 Å². The zero-order valence-electron chi connectivity index (χ0n) is 23.9. The lowest BCUT2D eigenvalue weighted by Gasteiger charge is -2.27. The van der Waals surface area contributed by atoms with Gasteiger partial charge in [0.15, 0.2) is 11.2 Å². The first kappa shape index (κ1) is 31.0. The Kier molecular flexibility index (Phi) is 11.3. The van der Waals surface area contributed by atoms with Gasteiger partial charge in [-0.2, -0.15) is 0 Å². The quantitative estimate of drug-likeness (QED) is 0.290. The normalized spacial score (nSPS) is 21.2. The van der Waals surface area contributed by atoms with Gasteiger partial charge in [0.2, 0.25) is 0 Å². The fourth-order valence-electron chi connectivity index (χ4n) is 4.60. The summed E-state index contributed by atoms with van der Waals surface area (Å²) in [4.78, 5) is 22.7. The van der Waals surface area contributed by atoms with E-state index in [0.29, 0.717) is 51.3 Å². The molecule has 0 saturated carbocycles. The molecule has 0 bridgehead atoms. The van der Waals surface area contributed by atoms with Crippen molar-refractivity contribution in [1.82, 2.24) is 0 Å². The van der Waals surface area contributed by atoms with Crippen molar-refractivity contribution in [3.05, 3.63) is 96.1 Å². The lowest BCUT2D eigenvalue weighted by atomic mass is 10.0. The van der Waals surface area contributed by atoms with Crippen molar-refractivity contribution in [1.29, 1.82) is 0 Å². The largest absolute Gasteiger partial charge is 0.497 e. The van der Waals surface area contributed by atoms with E-state index in [1.807, 2.05) is 84.9 Å². The summed E-state index contributed by atoms with van der Waals surface area (Å²) in [5.74, 6) is 0.996. The van der Waals surface area contributed by atoms with Gasteiger partial charge in [-0.1, -0.05) is 60.7 Å². The molecule has 2 aliphatic rings. The molecule has 42 heavy (non-hydrogen) atoms. The third-order valence-corrected chi connectivity index (χ3v) is 7.03. The number of hydrogen-bond acceptors (Lipinski definition) is 9. The van der Waals surface area contributed by atoms with Gasteiger partial charge in [-0.25, -0.2) is 0 Å². The molecule has 0 radical (unpaired) electrons. The molecule has 2 fully saturated rings. The van der Waals surface area contributed by atoms with Gasteiger partial charge < -0.3 is 33.5 Å². The summed E-state index contributed by atoms with van der Waals surface area (Å²) in [6, 6.07) is 27.0. The van der Waals surface area contributed by atoms with E-state index in [9.17, 15) is 14.7 Å². The maximum Gasteiger partial charge on any atom is 0.306 e. The Labute approximate surface area is 246 Å². The minimum absolute atomic E-state index is 0.187. The van der Waals surface area contributed by atoms with Crippen LogP contribution in [0.25, 0.3) is 0 Å². The van der Waals surface area contributed by atoms with Gasteiger partial charge in [0.1, 0.15) is 18.1 Å². The number of methoxy groups -OCH3 is 1. The number of esters is 2. The highest BCUT2D eigenvalue weighted by atomic mass is 16.6. The number of ether oxygens (including phenoxy) is 6. The van der Waals surface area contributed by atoms with E-state index in [1.54, 1.807) is 7.11 Å². The van der Waals surface area contributed by atoms with E-state index in [4.69, 9.17) is 28.4 Å². The van der Waals surface area contributed by atoms with Crippen LogP contribution in [0.4, 0.5) is 0 Å². The second kappa shape index (κ2) is 15.3. The van der Waals surface area contributed by atoms with Crippen LogP contribution < -0.4 is 9.47 Å². The van der Waals surface area contributed by atoms with Crippen molar-refractivity contribution >= 4 is 11.9 Å². The first-order chi connectivity index (χ1) is 20.4. The summed E-state index contributed by atoms with van der Waals surface area (Å²) in [5, 5.41) is 9.27. The van der Waals surface area contributed by atoms with Gasteiger partial charge in [-0.3, -0.25) is 9.59 Å². The fraction of sp³-hybridized carbons (Fsp3) is 0.394. The summed E-state index contributed by atoms with van der Waals surface area (Å²) in [6.07, 6.45) is 1.86. The molecule has 3 aromatic carbocycles. The van der Waals surface area contributed by atoms with E-state index >= 15 is 0 Å². The van der Waals surface area contributed by atoms with Gasteiger partial charge in [0.25, 0.3) is 0 Å². The second-order valence-corrected chi connectivity index (χ2v) is 10.4. The molecule has 9 heteroatoms. The Bertz CT molecular complexity index is 1250. The average Bonchev–Trinajstić information content (AvgIpc) is 3.60. The number of cyclic esters (lactones) is 2. The highest BCUT2D eigenvalue weighted by Gasteiger charge is 2.42. The van der Waals surface area contributed by atoms with Crippen LogP contribution in [-0.4, -0.2) is 61.8 Å². The summed E-state index contributed by atoms with van der Waals surface area (Å²) >= 11 is 0. The van der Waals surface area contributed by atoms with Crippen LogP contribution in [0.5, 0.6) is 11.5 Å². The summed E-state index contributed by atoms with van der Waals surface area (Å²) in [6.45, 7) is 1.56. The number of carbonyl (C=O) groups is 2. The van der Waals surface area contributed by atoms with Gasteiger partial charge in [-0.15, -0.1) is 0 Å². The Hall–Kier alpha value is -3.92. The highest BCUT2D eigenvalue weighted by Crippen LogP contribution is 2.29.